The molecule has 0 aliphatic carbocycles. The van der Waals surface area contributed by atoms with Gasteiger partial charge in [-0.2, -0.15) is 0 Å². The van der Waals surface area contributed by atoms with E-state index in [9.17, 15) is 4.79 Å². The Morgan fingerprint density at radius 1 is 1.45 bits per heavy atom. The molecule has 0 aromatic carbocycles. The third-order valence-corrected chi connectivity index (χ3v) is 3.73. The van der Waals surface area contributed by atoms with E-state index in [1.54, 1.807) is 17.9 Å². The van der Waals surface area contributed by atoms with Crippen LogP contribution in [0.25, 0.3) is 0 Å². The van der Waals surface area contributed by atoms with Crippen molar-refractivity contribution in [2.75, 3.05) is 31.1 Å². The molecule has 1 aliphatic rings. The average Bonchev–Trinajstić information content (AvgIpc) is 2.44. The van der Waals surface area contributed by atoms with Crippen LogP contribution in [0.2, 0.25) is 5.02 Å². The van der Waals surface area contributed by atoms with Crippen molar-refractivity contribution in [2.45, 2.75) is 26.9 Å². The Morgan fingerprint density at radius 2 is 2.15 bits per heavy atom. The minimum atomic E-state index is -0.507. The highest BCUT2D eigenvalue weighted by atomic mass is 35.5. The van der Waals surface area contributed by atoms with E-state index in [1.807, 2.05) is 0 Å². The van der Waals surface area contributed by atoms with E-state index >= 15 is 0 Å². The van der Waals surface area contributed by atoms with E-state index < -0.39 is 6.10 Å². The second kappa shape index (κ2) is 6.41. The Balaban J connectivity index is 2.22. The van der Waals surface area contributed by atoms with Gasteiger partial charge in [-0.3, -0.25) is 4.79 Å². The number of pyridine rings is 1. The first-order valence-electron chi connectivity index (χ1n) is 6.92. The van der Waals surface area contributed by atoms with Gasteiger partial charge in [0.15, 0.2) is 6.10 Å². The Kier molecular flexibility index (Phi) is 4.83. The number of carbonyl (C=O) groups is 1. The summed E-state index contributed by atoms with van der Waals surface area (Å²) in [5.74, 6) is 0.426. The molecule has 0 saturated carbocycles. The number of ether oxygens (including phenoxy) is 1. The average molecular weight is 298 g/mol. The van der Waals surface area contributed by atoms with Gasteiger partial charge >= 0.3 is 0 Å². The summed E-state index contributed by atoms with van der Waals surface area (Å²) in [6.45, 7) is 9.32. The summed E-state index contributed by atoms with van der Waals surface area (Å²) in [5, 5.41) is 0.502. The molecule has 6 heteroatoms. The summed E-state index contributed by atoms with van der Waals surface area (Å²) >= 11 is 5.98. The van der Waals surface area contributed by atoms with Gasteiger partial charge in [-0.25, -0.2) is 4.98 Å². The Hall–Kier alpha value is -1.33. The summed E-state index contributed by atoms with van der Waals surface area (Å²) in [4.78, 5) is 20.5. The van der Waals surface area contributed by atoms with Gasteiger partial charge in [0.05, 0.1) is 5.02 Å². The lowest BCUT2D eigenvalue weighted by Crippen LogP contribution is -2.47. The SMILES string of the molecule is CCN(CC)CCN1C(=O)C(C)Oc2ncc(Cl)cc21. The summed E-state index contributed by atoms with van der Waals surface area (Å²) in [7, 11) is 0. The van der Waals surface area contributed by atoms with Crippen LogP contribution in [-0.4, -0.2) is 48.1 Å². The first kappa shape index (κ1) is 15.1. The van der Waals surface area contributed by atoms with E-state index in [0.29, 0.717) is 23.1 Å². The number of hydrogen-bond donors (Lipinski definition) is 0. The number of halogens is 1. The zero-order chi connectivity index (χ0) is 14.7. The molecule has 2 heterocycles. The zero-order valence-corrected chi connectivity index (χ0v) is 12.9. The third-order valence-electron chi connectivity index (χ3n) is 3.53. The number of carbonyl (C=O) groups excluding carboxylic acids is 1. The minimum absolute atomic E-state index is 0.0475. The molecule has 0 spiro atoms. The molecular weight excluding hydrogens is 278 g/mol. The van der Waals surface area contributed by atoms with Crippen LogP contribution in [0, 0.1) is 0 Å². The summed E-state index contributed by atoms with van der Waals surface area (Å²) < 4.78 is 5.51. The van der Waals surface area contributed by atoms with Gasteiger partial charge in [-0.1, -0.05) is 25.4 Å². The first-order chi connectivity index (χ1) is 9.56. The topological polar surface area (TPSA) is 45.7 Å². The Morgan fingerprint density at radius 3 is 2.80 bits per heavy atom. The standard InChI is InChI=1S/C14H20ClN3O2/c1-4-17(5-2)6-7-18-12-8-11(15)9-16-13(12)20-10(3)14(18)19/h8-10H,4-7H2,1-3H3. The smallest absolute Gasteiger partial charge is 0.268 e. The Bertz CT molecular complexity index is 491. The molecule has 2 rings (SSSR count). The largest absolute Gasteiger partial charge is 0.463 e. The third kappa shape index (κ3) is 3.04. The monoisotopic (exact) mass is 297 g/mol. The molecule has 110 valence electrons. The van der Waals surface area contributed by atoms with Crippen molar-refractivity contribution in [1.29, 1.82) is 0 Å². The summed E-state index contributed by atoms with van der Waals surface area (Å²) in [6.07, 6.45) is 1.03. The lowest BCUT2D eigenvalue weighted by Gasteiger charge is -2.33. The predicted octanol–water partition coefficient (Wildman–Crippen LogP) is 2.19. The van der Waals surface area contributed by atoms with Gasteiger partial charge in [0.2, 0.25) is 5.88 Å². The van der Waals surface area contributed by atoms with Crippen molar-refractivity contribution in [3.8, 4) is 5.88 Å². The maximum Gasteiger partial charge on any atom is 0.268 e. The molecule has 1 unspecified atom stereocenters. The van der Waals surface area contributed by atoms with Crippen LogP contribution in [0.15, 0.2) is 12.3 Å². The van der Waals surface area contributed by atoms with Crippen LogP contribution in [-0.2, 0) is 4.79 Å². The van der Waals surface area contributed by atoms with Crippen molar-refractivity contribution < 1.29 is 9.53 Å². The van der Waals surface area contributed by atoms with E-state index in [0.717, 1.165) is 19.6 Å². The Labute approximate surface area is 124 Å². The number of fused-ring (bicyclic) bond motifs is 1. The highest BCUT2D eigenvalue weighted by Gasteiger charge is 2.32. The number of rotatable bonds is 5. The predicted molar refractivity (Wildman–Crippen MR) is 79.5 cm³/mol. The molecule has 20 heavy (non-hydrogen) atoms. The van der Waals surface area contributed by atoms with Crippen LogP contribution in [0.4, 0.5) is 5.69 Å². The molecule has 1 aromatic heterocycles. The van der Waals surface area contributed by atoms with E-state index in [1.165, 1.54) is 6.20 Å². The maximum absolute atomic E-state index is 12.3. The van der Waals surface area contributed by atoms with Crippen molar-refractivity contribution in [2.24, 2.45) is 0 Å². The summed E-state index contributed by atoms with van der Waals surface area (Å²) in [5.41, 5.74) is 0.660. The van der Waals surface area contributed by atoms with Crippen LogP contribution in [0.1, 0.15) is 20.8 Å². The molecule has 1 aliphatic heterocycles. The second-order valence-electron chi connectivity index (χ2n) is 4.75. The molecule has 1 amide bonds. The fraction of sp³-hybridized carbons (Fsp3) is 0.571. The van der Waals surface area contributed by atoms with E-state index in [4.69, 9.17) is 16.3 Å². The minimum Gasteiger partial charge on any atom is -0.463 e. The molecule has 0 bridgehead atoms. The summed E-state index contributed by atoms with van der Waals surface area (Å²) in [6, 6.07) is 1.73. The molecule has 0 saturated heterocycles. The lowest BCUT2D eigenvalue weighted by atomic mass is 10.2. The molecule has 0 N–H and O–H groups in total. The quantitative estimate of drug-likeness (QED) is 0.836. The second-order valence-corrected chi connectivity index (χ2v) is 5.19. The van der Waals surface area contributed by atoms with Crippen LogP contribution in [0.5, 0.6) is 5.88 Å². The fourth-order valence-corrected chi connectivity index (χ4v) is 2.42. The van der Waals surface area contributed by atoms with Gasteiger partial charge in [-0.05, 0) is 26.1 Å². The van der Waals surface area contributed by atoms with Crippen molar-refractivity contribution >= 4 is 23.2 Å². The maximum atomic E-state index is 12.3. The number of amides is 1. The van der Waals surface area contributed by atoms with Crippen LogP contribution >= 0.6 is 11.6 Å². The zero-order valence-electron chi connectivity index (χ0n) is 12.1. The molecule has 5 nitrogen and oxygen atoms in total. The van der Waals surface area contributed by atoms with Gasteiger partial charge in [0, 0.05) is 19.3 Å². The van der Waals surface area contributed by atoms with Crippen LogP contribution in [0.3, 0.4) is 0 Å². The van der Waals surface area contributed by atoms with Crippen LogP contribution < -0.4 is 9.64 Å². The molecule has 0 fully saturated rings. The molecule has 1 aromatic rings. The van der Waals surface area contributed by atoms with Gasteiger partial charge in [0.1, 0.15) is 5.69 Å². The van der Waals surface area contributed by atoms with E-state index in [-0.39, 0.29) is 5.91 Å². The number of nitrogens with zero attached hydrogens (tertiary/aromatic N) is 3. The highest BCUT2D eigenvalue weighted by molar-refractivity contribution is 6.30. The number of anilines is 1. The number of hydrogen-bond acceptors (Lipinski definition) is 4. The molecule has 1 atom stereocenters. The van der Waals surface area contributed by atoms with Gasteiger partial charge < -0.3 is 14.5 Å². The van der Waals surface area contributed by atoms with Gasteiger partial charge in [-0.15, -0.1) is 0 Å². The fourth-order valence-electron chi connectivity index (χ4n) is 2.27. The van der Waals surface area contributed by atoms with Crippen molar-refractivity contribution in [3.05, 3.63) is 17.3 Å². The van der Waals surface area contributed by atoms with Gasteiger partial charge in [0.25, 0.3) is 5.91 Å². The number of aromatic nitrogens is 1. The molecular formula is C14H20ClN3O2. The normalized spacial score (nSPS) is 18.1. The highest BCUT2D eigenvalue weighted by Crippen LogP contribution is 2.33. The first-order valence-corrected chi connectivity index (χ1v) is 7.30. The lowest BCUT2D eigenvalue weighted by molar-refractivity contribution is -0.125. The number of likely N-dealkylation sites (N-methyl/N-ethyl adjacent to an activating group) is 1. The van der Waals surface area contributed by atoms with Crippen molar-refractivity contribution in [3.63, 3.8) is 0 Å². The van der Waals surface area contributed by atoms with Crippen molar-refractivity contribution in [1.82, 2.24) is 9.88 Å². The van der Waals surface area contributed by atoms with E-state index in [2.05, 4.69) is 23.7 Å². The molecule has 0 radical (unpaired) electrons.